The molecule has 0 unspecified atom stereocenters. The highest BCUT2D eigenvalue weighted by Crippen LogP contribution is 2.25. The number of benzene rings is 1. The molecule has 2 aliphatic rings. The molecule has 0 saturated carbocycles. The Kier molecular flexibility index (Phi) is 5.70. The molecule has 9 heteroatoms. The average molecular weight is 422 g/mol. The maximum absolute atomic E-state index is 12.4. The van der Waals surface area contributed by atoms with E-state index in [1.54, 1.807) is 0 Å². The Morgan fingerprint density at radius 3 is 2.73 bits per heavy atom. The highest BCUT2D eigenvalue weighted by atomic mass is 79.9. The maximum atomic E-state index is 12.4. The van der Waals surface area contributed by atoms with E-state index in [1.807, 2.05) is 26.0 Å². The molecule has 1 fully saturated rings. The SMILES string of the molecule is Cc1cc(Br)cc(C)c1N/C=C1\C(=N)N=C(N2CCOCCO2)NC1=O. The van der Waals surface area contributed by atoms with E-state index < -0.39 is 5.91 Å². The predicted octanol–water partition coefficient (Wildman–Crippen LogP) is 2.09. The molecule has 0 aliphatic carbocycles. The number of ether oxygens (including phenoxy) is 1. The molecular formula is C17H20BrN5O3. The van der Waals surface area contributed by atoms with E-state index in [9.17, 15) is 4.79 Å². The van der Waals surface area contributed by atoms with E-state index in [1.165, 1.54) is 11.3 Å². The van der Waals surface area contributed by atoms with Gasteiger partial charge in [-0.3, -0.25) is 20.4 Å². The Morgan fingerprint density at radius 1 is 1.31 bits per heavy atom. The minimum absolute atomic E-state index is 0.127. The Morgan fingerprint density at radius 2 is 2.04 bits per heavy atom. The number of rotatable bonds is 2. The van der Waals surface area contributed by atoms with Crippen molar-refractivity contribution in [1.82, 2.24) is 10.4 Å². The van der Waals surface area contributed by atoms with Crippen molar-refractivity contribution in [1.29, 1.82) is 5.41 Å². The number of carbonyl (C=O) groups excluding carboxylic acids is 1. The van der Waals surface area contributed by atoms with E-state index in [4.69, 9.17) is 15.0 Å². The molecule has 1 aromatic rings. The van der Waals surface area contributed by atoms with Crippen LogP contribution in [-0.2, 0) is 14.4 Å². The smallest absolute Gasteiger partial charge is 0.263 e. The van der Waals surface area contributed by atoms with Gasteiger partial charge in [-0.05, 0) is 37.1 Å². The first-order chi connectivity index (χ1) is 12.5. The number of amidine groups is 1. The fraction of sp³-hybridized carbons (Fsp3) is 0.353. The summed E-state index contributed by atoms with van der Waals surface area (Å²) in [6.45, 7) is 5.69. The van der Waals surface area contributed by atoms with Crippen LogP contribution in [0.1, 0.15) is 11.1 Å². The quantitative estimate of drug-likeness (QED) is 0.634. The number of guanidine groups is 1. The summed E-state index contributed by atoms with van der Waals surface area (Å²) in [5.41, 5.74) is 3.10. The van der Waals surface area contributed by atoms with Gasteiger partial charge in [0.25, 0.3) is 5.91 Å². The summed E-state index contributed by atoms with van der Waals surface area (Å²) in [5, 5.41) is 15.4. The number of nitrogens with one attached hydrogen (secondary N) is 3. The number of aliphatic imine (C=N–C) groups is 1. The fourth-order valence-electron chi connectivity index (χ4n) is 2.69. The van der Waals surface area contributed by atoms with Crippen molar-refractivity contribution in [3.8, 4) is 0 Å². The summed E-state index contributed by atoms with van der Waals surface area (Å²) in [6.07, 6.45) is 1.51. The number of hydrogen-bond acceptors (Lipinski definition) is 6. The number of aryl methyl sites for hydroxylation is 2. The molecule has 0 aromatic heterocycles. The van der Waals surface area contributed by atoms with Crippen LogP contribution in [0.25, 0.3) is 0 Å². The highest BCUT2D eigenvalue weighted by molar-refractivity contribution is 9.10. The summed E-state index contributed by atoms with van der Waals surface area (Å²) in [7, 11) is 0. The number of hydrogen-bond donors (Lipinski definition) is 3. The van der Waals surface area contributed by atoms with Gasteiger partial charge in [-0.2, -0.15) is 4.99 Å². The molecule has 0 spiro atoms. The van der Waals surface area contributed by atoms with Gasteiger partial charge in [-0.1, -0.05) is 15.9 Å². The molecule has 26 heavy (non-hydrogen) atoms. The van der Waals surface area contributed by atoms with Crippen molar-refractivity contribution in [2.75, 3.05) is 31.7 Å². The molecular weight excluding hydrogens is 402 g/mol. The lowest BCUT2D eigenvalue weighted by Crippen LogP contribution is -2.49. The topological polar surface area (TPSA) is 99.0 Å². The molecule has 0 radical (unpaired) electrons. The Bertz CT molecular complexity index is 775. The molecule has 0 bridgehead atoms. The van der Waals surface area contributed by atoms with Crippen LogP contribution in [0.15, 0.2) is 33.4 Å². The number of anilines is 1. The number of hydroxylamine groups is 2. The summed E-state index contributed by atoms with van der Waals surface area (Å²) >= 11 is 3.46. The second-order valence-corrected chi connectivity index (χ2v) is 6.82. The Hall–Kier alpha value is -2.23. The molecule has 2 heterocycles. The minimum Gasteiger partial charge on any atom is -0.377 e. The van der Waals surface area contributed by atoms with Crippen molar-refractivity contribution < 1.29 is 14.4 Å². The van der Waals surface area contributed by atoms with Gasteiger partial charge in [0.15, 0.2) is 5.84 Å². The van der Waals surface area contributed by atoms with E-state index in [-0.39, 0.29) is 17.4 Å². The third kappa shape index (κ3) is 4.12. The molecule has 0 atom stereocenters. The highest BCUT2D eigenvalue weighted by Gasteiger charge is 2.27. The van der Waals surface area contributed by atoms with Gasteiger partial charge < -0.3 is 10.1 Å². The normalized spacial score (nSPS) is 19.9. The zero-order valence-corrected chi connectivity index (χ0v) is 16.1. The molecule has 1 saturated heterocycles. The number of nitrogens with zero attached hydrogens (tertiary/aromatic N) is 2. The van der Waals surface area contributed by atoms with Gasteiger partial charge >= 0.3 is 0 Å². The molecule has 1 aromatic carbocycles. The van der Waals surface area contributed by atoms with Gasteiger partial charge in [0.1, 0.15) is 0 Å². The van der Waals surface area contributed by atoms with Crippen LogP contribution in [0.4, 0.5) is 5.69 Å². The van der Waals surface area contributed by atoms with Crippen molar-refractivity contribution >= 4 is 39.3 Å². The first kappa shape index (κ1) is 18.6. The second-order valence-electron chi connectivity index (χ2n) is 5.90. The zero-order chi connectivity index (χ0) is 18.7. The lowest BCUT2D eigenvalue weighted by atomic mass is 10.1. The standard InChI is InChI=1S/C17H20BrN5O3/c1-10-7-12(18)8-11(2)14(10)20-9-13-15(19)21-17(22-16(13)24)23-3-4-25-5-6-26-23/h7-9,20H,3-6H2,1-2H3,(H2,19,21,22,24)/b13-9+. The lowest BCUT2D eigenvalue weighted by molar-refractivity contribution is -0.118. The van der Waals surface area contributed by atoms with Crippen molar-refractivity contribution in [2.24, 2.45) is 4.99 Å². The minimum atomic E-state index is -0.409. The third-order valence-electron chi connectivity index (χ3n) is 3.95. The zero-order valence-electron chi connectivity index (χ0n) is 14.6. The van der Waals surface area contributed by atoms with Gasteiger partial charge in [0, 0.05) is 16.4 Å². The van der Waals surface area contributed by atoms with Crippen LogP contribution < -0.4 is 10.6 Å². The van der Waals surface area contributed by atoms with Crippen LogP contribution in [0.2, 0.25) is 0 Å². The summed E-state index contributed by atoms with van der Waals surface area (Å²) in [5.74, 6) is -0.329. The third-order valence-corrected chi connectivity index (χ3v) is 4.41. The van der Waals surface area contributed by atoms with Gasteiger partial charge in [-0.25, -0.2) is 5.06 Å². The van der Waals surface area contributed by atoms with E-state index in [0.717, 1.165) is 21.3 Å². The van der Waals surface area contributed by atoms with E-state index >= 15 is 0 Å². The average Bonchev–Trinajstić information content (AvgIpc) is 2.85. The van der Waals surface area contributed by atoms with Crippen LogP contribution in [0.5, 0.6) is 0 Å². The Balaban J connectivity index is 1.78. The van der Waals surface area contributed by atoms with Crippen molar-refractivity contribution in [2.45, 2.75) is 13.8 Å². The van der Waals surface area contributed by atoms with Gasteiger partial charge in [0.05, 0.1) is 31.9 Å². The van der Waals surface area contributed by atoms with Gasteiger partial charge in [0.2, 0.25) is 5.96 Å². The molecule has 2 aliphatic heterocycles. The monoisotopic (exact) mass is 421 g/mol. The first-order valence-electron chi connectivity index (χ1n) is 8.16. The molecule has 1 amide bonds. The number of amides is 1. The van der Waals surface area contributed by atoms with Crippen LogP contribution >= 0.6 is 15.9 Å². The lowest BCUT2D eigenvalue weighted by Gasteiger charge is -2.25. The van der Waals surface area contributed by atoms with Gasteiger partial charge in [-0.15, -0.1) is 0 Å². The summed E-state index contributed by atoms with van der Waals surface area (Å²) < 4.78 is 6.29. The van der Waals surface area contributed by atoms with E-state index in [2.05, 4.69) is 31.6 Å². The maximum Gasteiger partial charge on any atom is 0.263 e. The number of halogens is 1. The second kappa shape index (κ2) is 7.98. The Labute approximate surface area is 159 Å². The molecule has 138 valence electrons. The van der Waals surface area contributed by atoms with E-state index in [0.29, 0.717) is 26.4 Å². The molecule has 3 rings (SSSR count). The van der Waals surface area contributed by atoms with Crippen LogP contribution in [-0.4, -0.2) is 49.1 Å². The predicted molar refractivity (Wildman–Crippen MR) is 102 cm³/mol. The largest absolute Gasteiger partial charge is 0.377 e. The molecule has 3 N–H and O–H groups in total. The molecule has 8 nitrogen and oxygen atoms in total. The van der Waals surface area contributed by atoms with Crippen LogP contribution in [0, 0.1) is 19.3 Å². The number of carbonyl (C=O) groups is 1. The summed E-state index contributed by atoms with van der Waals surface area (Å²) in [4.78, 5) is 22.0. The first-order valence-corrected chi connectivity index (χ1v) is 8.95. The van der Waals surface area contributed by atoms with Crippen molar-refractivity contribution in [3.63, 3.8) is 0 Å². The fourth-order valence-corrected chi connectivity index (χ4v) is 3.38. The summed E-state index contributed by atoms with van der Waals surface area (Å²) in [6, 6.07) is 3.96. The van der Waals surface area contributed by atoms with Crippen molar-refractivity contribution in [3.05, 3.63) is 39.5 Å². The van der Waals surface area contributed by atoms with Crippen LogP contribution in [0.3, 0.4) is 0 Å².